The molecule has 2 amide bonds. The first kappa shape index (κ1) is 11.7. The second kappa shape index (κ2) is 5.55. The summed E-state index contributed by atoms with van der Waals surface area (Å²) in [4.78, 5) is 13.8. The van der Waals surface area contributed by atoms with Crippen LogP contribution in [0.1, 0.15) is 51.9 Å². The fraction of sp³-hybridized carbons (Fsp3) is 0.923. The Morgan fingerprint density at radius 3 is 2.38 bits per heavy atom. The smallest absolute Gasteiger partial charge is 0.317 e. The number of rotatable bonds is 2. The van der Waals surface area contributed by atoms with E-state index in [0.29, 0.717) is 6.04 Å². The van der Waals surface area contributed by atoms with Crippen LogP contribution in [0, 0.1) is 5.92 Å². The van der Waals surface area contributed by atoms with Crippen molar-refractivity contribution in [2.24, 2.45) is 5.92 Å². The van der Waals surface area contributed by atoms with Crippen LogP contribution in [0.15, 0.2) is 0 Å². The zero-order valence-corrected chi connectivity index (χ0v) is 10.4. The van der Waals surface area contributed by atoms with E-state index in [0.717, 1.165) is 19.0 Å². The average molecular weight is 224 g/mol. The van der Waals surface area contributed by atoms with Crippen LogP contribution in [0.4, 0.5) is 4.79 Å². The number of likely N-dealkylation sites (tertiary alicyclic amines) is 1. The van der Waals surface area contributed by atoms with Gasteiger partial charge in [-0.1, -0.05) is 13.3 Å². The lowest BCUT2D eigenvalue weighted by Gasteiger charge is -2.29. The highest BCUT2D eigenvalue weighted by Gasteiger charge is 2.24. The van der Waals surface area contributed by atoms with Crippen molar-refractivity contribution in [1.29, 1.82) is 0 Å². The summed E-state index contributed by atoms with van der Waals surface area (Å²) in [5.41, 5.74) is 0. The quantitative estimate of drug-likeness (QED) is 0.768. The fourth-order valence-corrected chi connectivity index (χ4v) is 2.90. The lowest BCUT2D eigenvalue weighted by atomic mass is 9.84. The number of nitrogens with one attached hydrogen (secondary N) is 1. The molecular weight excluding hydrogens is 200 g/mol. The molecule has 1 N–H and O–H groups in total. The van der Waals surface area contributed by atoms with Crippen molar-refractivity contribution < 1.29 is 4.79 Å². The summed E-state index contributed by atoms with van der Waals surface area (Å²) < 4.78 is 0. The third kappa shape index (κ3) is 2.89. The molecule has 0 aromatic rings. The van der Waals surface area contributed by atoms with Gasteiger partial charge in [-0.25, -0.2) is 4.79 Å². The minimum Gasteiger partial charge on any atom is -0.335 e. The molecular formula is C13H24N2O. The van der Waals surface area contributed by atoms with E-state index in [1.54, 1.807) is 0 Å². The number of hydrogen-bond acceptors (Lipinski definition) is 1. The van der Waals surface area contributed by atoms with Crippen LogP contribution in [0.5, 0.6) is 0 Å². The molecule has 92 valence electrons. The van der Waals surface area contributed by atoms with Gasteiger partial charge in [-0.2, -0.15) is 0 Å². The molecule has 16 heavy (non-hydrogen) atoms. The first-order valence-corrected chi connectivity index (χ1v) is 6.85. The van der Waals surface area contributed by atoms with Crippen molar-refractivity contribution >= 4 is 6.03 Å². The normalized spacial score (nSPS) is 30.4. The number of hydrogen-bond donors (Lipinski definition) is 1. The van der Waals surface area contributed by atoms with Crippen molar-refractivity contribution in [2.45, 2.75) is 57.9 Å². The molecule has 1 aliphatic heterocycles. The van der Waals surface area contributed by atoms with Crippen LogP contribution in [-0.2, 0) is 0 Å². The molecule has 0 atom stereocenters. The van der Waals surface area contributed by atoms with Gasteiger partial charge >= 0.3 is 6.03 Å². The lowest BCUT2D eigenvalue weighted by Crippen LogP contribution is -2.44. The zero-order chi connectivity index (χ0) is 11.4. The van der Waals surface area contributed by atoms with Crippen molar-refractivity contribution in [3.05, 3.63) is 0 Å². The second-order valence-electron chi connectivity index (χ2n) is 5.27. The Hall–Kier alpha value is -0.730. The Labute approximate surface area is 98.6 Å². The molecule has 0 aromatic heterocycles. The van der Waals surface area contributed by atoms with E-state index >= 15 is 0 Å². The van der Waals surface area contributed by atoms with Crippen LogP contribution in [0.2, 0.25) is 0 Å². The number of carbonyl (C=O) groups excluding carboxylic acids is 1. The number of carbonyl (C=O) groups is 1. The summed E-state index contributed by atoms with van der Waals surface area (Å²) in [6.45, 7) is 4.18. The number of nitrogens with zero attached hydrogens (tertiary/aromatic N) is 1. The molecule has 1 saturated heterocycles. The molecule has 3 nitrogen and oxygen atoms in total. The van der Waals surface area contributed by atoms with E-state index < -0.39 is 0 Å². The third-order valence-corrected chi connectivity index (χ3v) is 4.14. The molecule has 0 unspecified atom stereocenters. The number of urea groups is 1. The molecule has 2 aliphatic rings. The first-order valence-electron chi connectivity index (χ1n) is 6.85. The van der Waals surface area contributed by atoms with E-state index in [9.17, 15) is 4.79 Å². The maximum Gasteiger partial charge on any atom is 0.317 e. The lowest BCUT2D eigenvalue weighted by molar-refractivity contribution is 0.196. The summed E-state index contributed by atoms with van der Waals surface area (Å²) in [6.07, 6.45) is 8.60. The van der Waals surface area contributed by atoms with Gasteiger partial charge in [0.05, 0.1) is 0 Å². The molecule has 0 bridgehead atoms. The molecule has 2 rings (SSSR count). The maximum absolute atomic E-state index is 11.9. The van der Waals surface area contributed by atoms with Gasteiger partial charge in [-0.3, -0.25) is 0 Å². The van der Waals surface area contributed by atoms with Gasteiger partial charge in [-0.05, 0) is 44.4 Å². The SMILES string of the molecule is CCC1CCC(NC(=O)N2CCCC2)CC1. The number of amides is 2. The molecule has 0 spiro atoms. The zero-order valence-electron chi connectivity index (χ0n) is 10.4. The Bertz CT molecular complexity index is 228. The Balaban J connectivity index is 1.71. The molecule has 3 heteroatoms. The molecule has 0 radical (unpaired) electrons. The van der Waals surface area contributed by atoms with Gasteiger partial charge < -0.3 is 10.2 Å². The van der Waals surface area contributed by atoms with Gasteiger partial charge in [0.25, 0.3) is 0 Å². The largest absolute Gasteiger partial charge is 0.335 e. The van der Waals surface area contributed by atoms with E-state index in [2.05, 4.69) is 12.2 Å². The predicted molar refractivity (Wildman–Crippen MR) is 65.4 cm³/mol. The van der Waals surface area contributed by atoms with Crippen LogP contribution in [0.25, 0.3) is 0 Å². The minimum atomic E-state index is 0.178. The van der Waals surface area contributed by atoms with Gasteiger partial charge in [0.2, 0.25) is 0 Å². The highest BCUT2D eigenvalue weighted by Crippen LogP contribution is 2.26. The van der Waals surface area contributed by atoms with Crippen molar-refractivity contribution in [3.8, 4) is 0 Å². The topological polar surface area (TPSA) is 32.3 Å². The maximum atomic E-state index is 11.9. The summed E-state index contributed by atoms with van der Waals surface area (Å²) in [5.74, 6) is 0.903. The molecule has 0 aromatic carbocycles. The highest BCUT2D eigenvalue weighted by molar-refractivity contribution is 5.74. The highest BCUT2D eigenvalue weighted by atomic mass is 16.2. The molecule has 1 saturated carbocycles. The van der Waals surface area contributed by atoms with Crippen LogP contribution >= 0.6 is 0 Å². The Morgan fingerprint density at radius 2 is 1.81 bits per heavy atom. The predicted octanol–water partition coefficient (Wildman–Crippen LogP) is 2.76. The van der Waals surface area contributed by atoms with Crippen LogP contribution in [-0.4, -0.2) is 30.1 Å². The summed E-state index contributed by atoms with van der Waals surface area (Å²) in [5, 5.41) is 3.19. The van der Waals surface area contributed by atoms with Crippen LogP contribution in [0.3, 0.4) is 0 Å². The second-order valence-corrected chi connectivity index (χ2v) is 5.27. The van der Waals surface area contributed by atoms with E-state index in [-0.39, 0.29) is 6.03 Å². The first-order chi connectivity index (χ1) is 7.79. The molecule has 1 aliphatic carbocycles. The summed E-state index contributed by atoms with van der Waals surface area (Å²) in [7, 11) is 0. The monoisotopic (exact) mass is 224 g/mol. The Kier molecular flexibility index (Phi) is 4.08. The third-order valence-electron chi connectivity index (χ3n) is 4.14. The van der Waals surface area contributed by atoms with Crippen molar-refractivity contribution in [1.82, 2.24) is 10.2 Å². The van der Waals surface area contributed by atoms with E-state index in [1.165, 1.54) is 44.9 Å². The van der Waals surface area contributed by atoms with Crippen molar-refractivity contribution in [3.63, 3.8) is 0 Å². The van der Waals surface area contributed by atoms with Crippen molar-refractivity contribution in [2.75, 3.05) is 13.1 Å². The standard InChI is InChI=1S/C13H24N2O/c1-2-11-5-7-12(8-6-11)14-13(16)15-9-3-4-10-15/h11-12H,2-10H2,1H3,(H,14,16). The van der Waals surface area contributed by atoms with Gasteiger partial charge in [0.15, 0.2) is 0 Å². The summed E-state index contributed by atoms with van der Waals surface area (Å²) >= 11 is 0. The average Bonchev–Trinajstić information content (AvgIpc) is 2.83. The molecule has 1 heterocycles. The Morgan fingerprint density at radius 1 is 1.19 bits per heavy atom. The molecule has 2 fully saturated rings. The van der Waals surface area contributed by atoms with E-state index in [1.807, 2.05) is 4.90 Å². The van der Waals surface area contributed by atoms with E-state index in [4.69, 9.17) is 0 Å². The van der Waals surface area contributed by atoms with Crippen LogP contribution < -0.4 is 5.32 Å². The minimum absolute atomic E-state index is 0.178. The van der Waals surface area contributed by atoms with Gasteiger partial charge in [0, 0.05) is 19.1 Å². The fourth-order valence-electron chi connectivity index (χ4n) is 2.90. The summed E-state index contributed by atoms with van der Waals surface area (Å²) in [6, 6.07) is 0.619. The van der Waals surface area contributed by atoms with Gasteiger partial charge in [-0.15, -0.1) is 0 Å². The van der Waals surface area contributed by atoms with Gasteiger partial charge in [0.1, 0.15) is 0 Å².